The number of para-hydroxylation sites is 1. The number of rotatable bonds is 7. The summed E-state index contributed by atoms with van der Waals surface area (Å²) in [5, 5.41) is 5.89. The summed E-state index contributed by atoms with van der Waals surface area (Å²) in [6, 6.07) is 3.97. The minimum absolute atomic E-state index is 0.259. The number of carbonyl (C=O) groups excluding carboxylic acids is 1. The van der Waals surface area contributed by atoms with E-state index in [-0.39, 0.29) is 11.7 Å². The van der Waals surface area contributed by atoms with E-state index in [4.69, 9.17) is 4.74 Å². The summed E-state index contributed by atoms with van der Waals surface area (Å²) in [6.07, 6.45) is -5.46. The van der Waals surface area contributed by atoms with Crippen LogP contribution in [0.5, 0.6) is 5.75 Å². The molecular weight excluding hydrogens is 494 g/mol. The van der Waals surface area contributed by atoms with Gasteiger partial charge in [0.15, 0.2) is 6.10 Å². The summed E-state index contributed by atoms with van der Waals surface area (Å²) in [4.78, 5) is 25.6. The van der Waals surface area contributed by atoms with Crippen molar-refractivity contribution in [3.05, 3.63) is 69.7 Å². The molecule has 1 N–H and O–H groups in total. The zero-order valence-corrected chi connectivity index (χ0v) is 19.0. The fraction of sp³-hybridized carbons (Fsp3) is 0.348. The molecule has 1 unspecified atom stereocenters. The molecule has 13 heteroatoms. The highest BCUT2D eigenvalue weighted by Gasteiger charge is 2.39. The molecule has 2 aromatic carbocycles. The SMILES string of the molecule is Cc1nn(-c2cc(OC(C)C(F)(F)F)c(C(=O)Nc3c(F)cccc3F)cc2F)c(=O)n1CC1CC1. The summed E-state index contributed by atoms with van der Waals surface area (Å²) in [5.41, 5.74) is -2.95. The second-order valence-electron chi connectivity index (χ2n) is 8.45. The third-order valence-electron chi connectivity index (χ3n) is 5.67. The van der Waals surface area contributed by atoms with Crippen molar-refractivity contribution >= 4 is 11.6 Å². The van der Waals surface area contributed by atoms with Crippen LogP contribution in [-0.4, -0.2) is 32.5 Å². The van der Waals surface area contributed by atoms with Gasteiger partial charge in [0.1, 0.15) is 40.4 Å². The molecule has 3 aromatic rings. The minimum atomic E-state index is -4.86. The van der Waals surface area contributed by atoms with Gasteiger partial charge in [-0.15, -0.1) is 0 Å². The molecule has 1 heterocycles. The number of aromatic nitrogens is 3. The van der Waals surface area contributed by atoms with E-state index in [0.717, 1.165) is 37.1 Å². The molecular formula is C23H20F6N4O3. The first-order chi connectivity index (χ1) is 16.9. The number of amides is 1. The molecule has 1 aliphatic rings. The lowest BCUT2D eigenvalue weighted by molar-refractivity contribution is -0.189. The van der Waals surface area contributed by atoms with E-state index in [2.05, 4.69) is 5.10 Å². The molecule has 1 aromatic heterocycles. The largest absolute Gasteiger partial charge is 0.480 e. The number of nitrogens with one attached hydrogen (secondary N) is 1. The van der Waals surface area contributed by atoms with Crippen molar-refractivity contribution in [2.75, 3.05) is 5.32 Å². The van der Waals surface area contributed by atoms with Crippen molar-refractivity contribution in [2.24, 2.45) is 5.92 Å². The lowest BCUT2D eigenvalue weighted by atomic mass is 10.1. The fourth-order valence-electron chi connectivity index (χ4n) is 3.46. The van der Waals surface area contributed by atoms with Crippen molar-refractivity contribution in [1.29, 1.82) is 0 Å². The molecule has 0 saturated heterocycles. The van der Waals surface area contributed by atoms with E-state index in [1.165, 1.54) is 11.5 Å². The highest BCUT2D eigenvalue weighted by molar-refractivity contribution is 6.06. The van der Waals surface area contributed by atoms with Crippen molar-refractivity contribution in [3.63, 3.8) is 0 Å². The van der Waals surface area contributed by atoms with E-state index in [1.807, 2.05) is 5.32 Å². The number of hydrogen-bond acceptors (Lipinski definition) is 4. The number of aryl methyl sites for hydroxylation is 1. The highest BCUT2D eigenvalue weighted by atomic mass is 19.4. The molecule has 1 aliphatic carbocycles. The van der Waals surface area contributed by atoms with Gasteiger partial charge in [-0.05, 0) is 50.8 Å². The topological polar surface area (TPSA) is 78.2 Å². The third-order valence-corrected chi connectivity index (χ3v) is 5.67. The van der Waals surface area contributed by atoms with Crippen LogP contribution in [0.1, 0.15) is 35.9 Å². The van der Waals surface area contributed by atoms with Crippen molar-refractivity contribution in [2.45, 2.75) is 45.5 Å². The number of alkyl halides is 3. The molecule has 1 fully saturated rings. The predicted octanol–water partition coefficient (Wildman–Crippen LogP) is 4.75. The average molecular weight is 514 g/mol. The van der Waals surface area contributed by atoms with Gasteiger partial charge in [-0.25, -0.2) is 18.0 Å². The Labute approximate surface area is 200 Å². The Morgan fingerprint density at radius 3 is 2.39 bits per heavy atom. The van der Waals surface area contributed by atoms with Gasteiger partial charge in [-0.2, -0.15) is 23.0 Å². The summed E-state index contributed by atoms with van der Waals surface area (Å²) in [6.45, 7) is 2.53. The molecule has 7 nitrogen and oxygen atoms in total. The Morgan fingerprint density at radius 1 is 1.17 bits per heavy atom. The summed E-state index contributed by atoms with van der Waals surface area (Å²) >= 11 is 0. The highest BCUT2D eigenvalue weighted by Crippen LogP contribution is 2.32. The van der Waals surface area contributed by atoms with E-state index >= 15 is 4.39 Å². The number of carbonyl (C=O) groups is 1. The number of nitrogens with zero attached hydrogens (tertiary/aromatic N) is 3. The Morgan fingerprint density at radius 2 is 1.81 bits per heavy atom. The van der Waals surface area contributed by atoms with Crippen molar-refractivity contribution in [1.82, 2.24) is 14.3 Å². The summed E-state index contributed by atoms with van der Waals surface area (Å²) in [5.74, 6) is -5.08. The molecule has 1 amide bonds. The second kappa shape index (κ2) is 9.36. The first-order valence-electron chi connectivity index (χ1n) is 10.9. The molecule has 36 heavy (non-hydrogen) atoms. The minimum Gasteiger partial charge on any atom is -0.480 e. The quantitative estimate of drug-likeness (QED) is 0.462. The first kappa shape index (κ1) is 25.3. The Hall–Kier alpha value is -3.77. The molecule has 192 valence electrons. The summed E-state index contributed by atoms with van der Waals surface area (Å²) < 4.78 is 89.6. The van der Waals surface area contributed by atoms with E-state index in [0.29, 0.717) is 24.2 Å². The third kappa shape index (κ3) is 5.09. The Bertz CT molecular complexity index is 1360. The van der Waals surface area contributed by atoms with Crippen LogP contribution < -0.4 is 15.7 Å². The van der Waals surface area contributed by atoms with Crippen LogP contribution >= 0.6 is 0 Å². The molecule has 1 atom stereocenters. The molecule has 0 spiro atoms. The van der Waals surface area contributed by atoms with Gasteiger partial charge in [-0.1, -0.05) is 6.07 Å². The Balaban J connectivity index is 1.79. The lowest BCUT2D eigenvalue weighted by Crippen LogP contribution is -2.32. The molecule has 0 radical (unpaired) electrons. The fourth-order valence-corrected chi connectivity index (χ4v) is 3.46. The number of anilines is 1. The van der Waals surface area contributed by atoms with Crippen molar-refractivity contribution < 1.29 is 35.9 Å². The van der Waals surface area contributed by atoms with E-state index < -0.39 is 64.0 Å². The maximum Gasteiger partial charge on any atom is 0.425 e. The van der Waals surface area contributed by atoms with Gasteiger partial charge in [0, 0.05) is 12.6 Å². The molecule has 4 rings (SSSR count). The number of ether oxygens (including phenoxy) is 1. The van der Waals surface area contributed by atoms with Gasteiger partial charge in [0.05, 0.1) is 5.56 Å². The maximum atomic E-state index is 15.1. The van der Waals surface area contributed by atoms with Gasteiger partial charge in [-0.3, -0.25) is 9.36 Å². The van der Waals surface area contributed by atoms with Crippen LogP contribution in [0, 0.1) is 30.3 Å². The van der Waals surface area contributed by atoms with Crippen molar-refractivity contribution in [3.8, 4) is 11.4 Å². The van der Waals surface area contributed by atoms with Gasteiger partial charge in [0.25, 0.3) is 5.91 Å². The van der Waals surface area contributed by atoms with Crippen LogP contribution in [-0.2, 0) is 6.54 Å². The maximum absolute atomic E-state index is 15.1. The normalized spacial score (nSPS) is 14.6. The predicted molar refractivity (Wildman–Crippen MR) is 116 cm³/mol. The summed E-state index contributed by atoms with van der Waals surface area (Å²) in [7, 11) is 0. The van der Waals surface area contributed by atoms with Crippen LogP contribution in [0.2, 0.25) is 0 Å². The molecule has 0 bridgehead atoms. The number of hydrogen-bond donors (Lipinski definition) is 1. The standard InChI is InChI=1S/C23H20F6N4O3/c1-11(23(27,28)29)36-19-9-18(33-22(35)32(12(2)31-33)10-13-6-7-13)17(26)8-14(19)21(34)30-20-15(24)4-3-5-16(20)25/h3-5,8-9,11,13H,6-7,10H2,1-2H3,(H,30,34). The lowest BCUT2D eigenvalue weighted by Gasteiger charge is -2.20. The Kier molecular flexibility index (Phi) is 6.58. The van der Waals surface area contributed by atoms with Gasteiger partial charge < -0.3 is 10.1 Å². The number of halogens is 6. The van der Waals surface area contributed by atoms with E-state index in [1.54, 1.807) is 0 Å². The van der Waals surface area contributed by atoms with Crippen LogP contribution in [0.25, 0.3) is 5.69 Å². The van der Waals surface area contributed by atoms with Gasteiger partial charge >= 0.3 is 11.9 Å². The van der Waals surface area contributed by atoms with Crippen LogP contribution in [0.3, 0.4) is 0 Å². The smallest absolute Gasteiger partial charge is 0.425 e. The van der Waals surface area contributed by atoms with Crippen LogP contribution in [0.4, 0.5) is 32.0 Å². The zero-order chi connectivity index (χ0) is 26.4. The molecule has 0 aliphatic heterocycles. The van der Waals surface area contributed by atoms with E-state index in [9.17, 15) is 31.5 Å². The average Bonchev–Trinajstić information content (AvgIpc) is 3.57. The van der Waals surface area contributed by atoms with Crippen LogP contribution in [0.15, 0.2) is 35.1 Å². The molecule has 1 saturated carbocycles. The number of benzene rings is 2. The second-order valence-corrected chi connectivity index (χ2v) is 8.45. The first-order valence-corrected chi connectivity index (χ1v) is 10.9. The monoisotopic (exact) mass is 514 g/mol. The zero-order valence-electron chi connectivity index (χ0n) is 19.0. The van der Waals surface area contributed by atoms with Gasteiger partial charge in [0.2, 0.25) is 0 Å².